The maximum atomic E-state index is 6.07. The lowest BCUT2D eigenvalue weighted by atomic mass is 9.85. The van der Waals surface area contributed by atoms with Crippen LogP contribution in [0.3, 0.4) is 0 Å². The second-order valence-corrected chi connectivity index (χ2v) is 5.70. The molecule has 1 fully saturated rings. The molecule has 3 nitrogen and oxygen atoms in total. The van der Waals surface area contributed by atoms with Crippen molar-refractivity contribution in [3.63, 3.8) is 0 Å². The van der Waals surface area contributed by atoms with Gasteiger partial charge in [0.25, 0.3) is 0 Å². The molecule has 1 saturated carbocycles. The Labute approximate surface area is 104 Å². The number of hydrogen-bond donors (Lipinski definition) is 2. The van der Waals surface area contributed by atoms with Gasteiger partial charge < -0.3 is 11.1 Å². The van der Waals surface area contributed by atoms with Gasteiger partial charge in [0, 0.05) is 36.4 Å². The van der Waals surface area contributed by atoms with Gasteiger partial charge in [-0.05, 0) is 30.5 Å². The zero-order valence-corrected chi connectivity index (χ0v) is 10.8. The molecule has 94 valence electrons. The average molecular weight is 233 g/mol. The minimum Gasteiger partial charge on any atom is -0.326 e. The first kappa shape index (κ1) is 12.5. The Kier molecular flexibility index (Phi) is 3.79. The van der Waals surface area contributed by atoms with Crippen molar-refractivity contribution in [1.82, 2.24) is 10.3 Å². The molecule has 1 aliphatic carbocycles. The summed E-state index contributed by atoms with van der Waals surface area (Å²) in [6.45, 7) is 5.49. The molecule has 0 aliphatic heterocycles. The van der Waals surface area contributed by atoms with Gasteiger partial charge in [-0.1, -0.05) is 20.3 Å². The number of aromatic nitrogens is 1. The van der Waals surface area contributed by atoms with E-state index < -0.39 is 0 Å². The normalized spacial score (nSPS) is 25.1. The van der Waals surface area contributed by atoms with Crippen LogP contribution < -0.4 is 11.1 Å². The molecule has 2 rings (SSSR count). The lowest BCUT2D eigenvalue weighted by Crippen LogP contribution is -2.45. The third-order valence-corrected chi connectivity index (χ3v) is 3.84. The van der Waals surface area contributed by atoms with Crippen LogP contribution in [0.4, 0.5) is 0 Å². The SMILES string of the molecule is CC(C)(CNC1CCCC1N)c1ccncc1. The molecule has 0 radical (unpaired) electrons. The van der Waals surface area contributed by atoms with Crippen LogP contribution in [0.5, 0.6) is 0 Å². The van der Waals surface area contributed by atoms with Crippen molar-refractivity contribution in [2.45, 2.75) is 50.6 Å². The number of pyridine rings is 1. The standard InChI is InChI=1S/C14H23N3/c1-14(2,11-6-8-16-9-7-11)10-17-13-5-3-4-12(13)15/h6-9,12-13,17H,3-5,10,15H2,1-2H3. The fraction of sp³-hybridized carbons (Fsp3) is 0.643. The minimum absolute atomic E-state index is 0.130. The topological polar surface area (TPSA) is 50.9 Å². The molecule has 0 aromatic carbocycles. The number of nitrogens with zero attached hydrogens (tertiary/aromatic N) is 1. The molecular formula is C14H23N3. The summed E-state index contributed by atoms with van der Waals surface area (Å²) in [5, 5.41) is 3.62. The predicted molar refractivity (Wildman–Crippen MR) is 70.9 cm³/mol. The molecule has 0 saturated heterocycles. The van der Waals surface area contributed by atoms with E-state index in [2.05, 4.69) is 36.3 Å². The van der Waals surface area contributed by atoms with Gasteiger partial charge in [-0.3, -0.25) is 4.98 Å². The monoisotopic (exact) mass is 233 g/mol. The average Bonchev–Trinajstić information content (AvgIpc) is 2.74. The van der Waals surface area contributed by atoms with E-state index in [0.29, 0.717) is 12.1 Å². The predicted octanol–water partition coefficient (Wildman–Crippen LogP) is 1.83. The van der Waals surface area contributed by atoms with Crippen LogP contribution in [0.1, 0.15) is 38.7 Å². The lowest BCUT2D eigenvalue weighted by molar-refractivity contribution is 0.400. The molecule has 1 aliphatic rings. The number of hydrogen-bond acceptors (Lipinski definition) is 3. The Hall–Kier alpha value is -0.930. The maximum Gasteiger partial charge on any atom is 0.0270 e. The molecule has 2 atom stereocenters. The van der Waals surface area contributed by atoms with Crippen molar-refractivity contribution in [2.24, 2.45) is 5.73 Å². The fourth-order valence-corrected chi connectivity index (χ4v) is 2.53. The van der Waals surface area contributed by atoms with E-state index in [4.69, 9.17) is 5.73 Å². The van der Waals surface area contributed by atoms with E-state index in [1.807, 2.05) is 12.4 Å². The van der Waals surface area contributed by atoms with E-state index in [9.17, 15) is 0 Å². The third-order valence-electron chi connectivity index (χ3n) is 3.84. The fourth-order valence-electron chi connectivity index (χ4n) is 2.53. The van der Waals surface area contributed by atoms with Crippen LogP contribution in [0.15, 0.2) is 24.5 Å². The molecule has 0 bridgehead atoms. The molecular weight excluding hydrogens is 210 g/mol. The highest BCUT2D eigenvalue weighted by molar-refractivity contribution is 5.21. The second kappa shape index (κ2) is 5.15. The van der Waals surface area contributed by atoms with Gasteiger partial charge in [0.1, 0.15) is 0 Å². The molecule has 1 heterocycles. The highest BCUT2D eigenvalue weighted by atomic mass is 15.0. The number of nitrogens with two attached hydrogens (primary N) is 1. The first-order chi connectivity index (χ1) is 8.09. The van der Waals surface area contributed by atoms with Crippen LogP contribution in [-0.4, -0.2) is 23.6 Å². The Morgan fingerprint density at radius 2 is 2.06 bits per heavy atom. The van der Waals surface area contributed by atoms with Gasteiger partial charge in [0.15, 0.2) is 0 Å². The van der Waals surface area contributed by atoms with Gasteiger partial charge >= 0.3 is 0 Å². The molecule has 1 aromatic rings. The summed E-state index contributed by atoms with van der Waals surface area (Å²) in [5.74, 6) is 0. The van der Waals surface area contributed by atoms with Crippen molar-refractivity contribution in [3.8, 4) is 0 Å². The molecule has 2 unspecified atom stereocenters. The zero-order chi connectivity index (χ0) is 12.3. The molecule has 1 aromatic heterocycles. The van der Waals surface area contributed by atoms with Crippen molar-refractivity contribution in [2.75, 3.05) is 6.54 Å². The molecule has 17 heavy (non-hydrogen) atoms. The smallest absolute Gasteiger partial charge is 0.0270 e. The summed E-state index contributed by atoms with van der Waals surface area (Å²) in [7, 11) is 0. The first-order valence-electron chi connectivity index (χ1n) is 6.49. The summed E-state index contributed by atoms with van der Waals surface area (Å²) in [4.78, 5) is 4.07. The van der Waals surface area contributed by atoms with Crippen molar-refractivity contribution < 1.29 is 0 Å². The van der Waals surface area contributed by atoms with Crippen molar-refractivity contribution in [1.29, 1.82) is 0 Å². The summed E-state index contributed by atoms with van der Waals surface area (Å²) in [6.07, 6.45) is 7.35. The van der Waals surface area contributed by atoms with Gasteiger partial charge in [0.2, 0.25) is 0 Å². The minimum atomic E-state index is 0.130. The second-order valence-electron chi connectivity index (χ2n) is 5.70. The highest BCUT2D eigenvalue weighted by Gasteiger charge is 2.27. The quantitative estimate of drug-likeness (QED) is 0.834. The van der Waals surface area contributed by atoms with E-state index in [0.717, 1.165) is 13.0 Å². The Morgan fingerprint density at radius 3 is 2.65 bits per heavy atom. The number of nitrogens with one attached hydrogen (secondary N) is 1. The van der Waals surface area contributed by atoms with E-state index >= 15 is 0 Å². The van der Waals surface area contributed by atoms with Crippen LogP contribution >= 0.6 is 0 Å². The Balaban J connectivity index is 1.93. The Bertz CT molecular complexity index is 348. The largest absolute Gasteiger partial charge is 0.326 e. The molecule has 0 amide bonds. The van der Waals surface area contributed by atoms with Crippen LogP contribution in [-0.2, 0) is 5.41 Å². The van der Waals surface area contributed by atoms with Gasteiger partial charge in [-0.2, -0.15) is 0 Å². The van der Waals surface area contributed by atoms with Gasteiger partial charge in [-0.25, -0.2) is 0 Å². The van der Waals surface area contributed by atoms with Gasteiger partial charge in [0.05, 0.1) is 0 Å². The molecule has 3 heteroatoms. The summed E-state index contributed by atoms with van der Waals surface area (Å²) in [5.41, 5.74) is 7.53. The van der Waals surface area contributed by atoms with E-state index in [-0.39, 0.29) is 5.41 Å². The first-order valence-corrected chi connectivity index (χ1v) is 6.49. The van der Waals surface area contributed by atoms with Crippen LogP contribution in [0, 0.1) is 0 Å². The molecule has 0 spiro atoms. The van der Waals surface area contributed by atoms with Crippen LogP contribution in [0.25, 0.3) is 0 Å². The highest BCUT2D eigenvalue weighted by Crippen LogP contribution is 2.23. The van der Waals surface area contributed by atoms with Crippen LogP contribution in [0.2, 0.25) is 0 Å². The maximum absolute atomic E-state index is 6.07. The van der Waals surface area contributed by atoms with Crippen molar-refractivity contribution >= 4 is 0 Å². The van der Waals surface area contributed by atoms with Crippen molar-refractivity contribution in [3.05, 3.63) is 30.1 Å². The van der Waals surface area contributed by atoms with E-state index in [1.165, 1.54) is 18.4 Å². The summed E-state index contributed by atoms with van der Waals surface area (Å²) < 4.78 is 0. The number of rotatable bonds is 4. The van der Waals surface area contributed by atoms with E-state index in [1.54, 1.807) is 0 Å². The summed E-state index contributed by atoms with van der Waals surface area (Å²) in [6, 6.07) is 5.02. The lowest BCUT2D eigenvalue weighted by Gasteiger charge is -2.28. The summed E-state index contributed by atoms with van der Waals surface area (Å²) >= 11 is 0. The van der Waals surface area contributed by atoms with Gasteiger partial charge in [-0.15, -0.1) is 0 Å². The zero-order valence-electron chi connectivity index (χ0n) is 10.8. The third kappa shape index (κ3) is 3.05. The molecule has 3 N–H and O–H groups in total. The Morgan fingerprint density at radius 1 is 1.35 bits per heavy atom.